The van der Waals surface area contributed by atoms with Gasteiger partial charge in [-0.2, -0.15) is 5.10 Å². The number of nitrogens with zero attached hydrogens (tertiary/aromatic N) is 1. The predicted octanol–water partition coefficient (Wildman–Crippen LogP) is 2.88. The second-order valence-corrected chi connectivity index (χ2v) is 6.10. The zero-order chi connectivity index (χ0) is 17.7. The molecule has 5 rings (SSSR count). The SMILES string of the molecule is COc1cc(C2CC(=O)Nc3n[nH]c(-c4ccco4)c32)cc2c1OCO2. The summed E-state index contributed by atoms with van der Waals surface area (Å²) < 4.78 is 21.9. The summed E-state index contributed by atoms with van der Waals surface area (Å²) >= 11 is 0. The number of hydrogen-bond donors (Lipinski definition) is 2. The average molecular weight is 353 g/mol. The van der Waals surface area contributed by atoms with Crippen LogP contribution in [-0.2, 0) is 4.79 Å². The van der Waals surface area contributed by atoms with Gasteiger partial charge in [0, 0.05) is 17.9 Å². The highest BCUT2D eigenvalue weighted by atomic mass is 16.7. The van der Waals surface area contributed by atoms with Gasteiger partial charge >= 0.3 is 0 Å². The number of carbonyl (C=O) groups is 1. The fraction of sp³-hybridized carbons (Fsp3) is 0.222. The highest BCUT2D eigenvalue weighted by Gasteiger charge is 2.34. The first-order chi connectivity index (χ1) is 12.7. The average Bonchev–Trinajstić information content (AvgIpc) is 3.38. The molecule has 8 heteroatoms. The molecule has 1 amide bonds. The third-order valence-electron chi connectivity index (χ3n) is 4.65. The summed E-state index contributed by atoms with van der Waals surface area (Å²) in [5.74, 6) is 2.61. The van der Waals surface area contributed by atoms with Gasteiger partial charge < -0.3 is 23.9 Å². The van der Waals surface area contributed by atoms with Gasteiger partial charge in [0.05, 0.1) is 13.4 Å². The van der Waals surface area contributed by atoms with Gasteiger partial charge in [-0.3, -0.25) is 9.89 Å². The van der Waals surface area contributed by atoms with Gasteiger partial charge in [0.25, 0.3) is 0 Å². The van der Waals surface area contributed by atoms with Crippen LogP contribution in [0.25, 0.3) is 11.5 Å². The Morgan fingerprint density at radius 3 is 3.04 bits per heavy atom. The third-order valence-corrected chi connectivity index (χ3v) is 4.65. The largest absolute Gasteiger partial charge is 0.493 e. The molecule has 4 heterocycles. The lowest BCUT2D eigenvalue weighted by molar-refractivity contribution is -0.116. The number of aromatic amines is 1. The molecular formula is C18H15N3O5. The van der Waals surface area contributed by atoms with Gasteiger partial charge in [-0.15, -0.1) is 0 Å². The molecule has 0 saturated heterocycles. The van der Waals surface area contributed by atoms with Crippen LogP contribution in [0.3, 0.4) is 0 Å². The number of nitrogens with one attached hydrogen (secondary N) is 2. The number of benzene rings is 1. The number of fused-ring (bicyclic) bond motifs is 2. The van der Waals surface area contributed by atoms with Crippen LogP contribution in [-0.4, -0.2) is 30.0 Å². The number of amides is 1. The molecule has 0 radical (unpaired) electrons. The minimum absolute atomic E-state index is 0.100. The lowest BCUT2D eigenvalue weighted by Crippen LogP contribution is -2.23. The van der Waals surface area contributed by atoms with Crippen LogP contribution >= 0.6 is 0 Å². The van der Waals surface area contributed by atoms with Crippen molar-refractivity contribution >= 4 is 11.7 Å². The van der Waals surface area contributed by atoms with Crippen LogP contribution in [0.2, 0.25) is 0 Å². The van der Waals surface area contributed by atoms with E-state index in [1.807, 2.05) is 24.3 Å². The van der Waals surface area contributed by atoms with Gasteiger partial charge in [0.15, 0.2) is 23.1 Å². The van der Waals surface area contributed by atoms with Gasteiger partial charge in [0.2, 0.25) is 18.4 Å². The van der Waals surface area contributed by atoms with Gasteiger partial charge in [0.1, 0.15) is 5.69 Å². The molecule has 2 N–H and O–H groups in total. The Morgan fingerprint density at radius 1 is 1.31 bits per heavy atom. The monoisotopic (exact) mass is 353 g/mol. The van der Waals surface area contributed by atoms with E-state index in [-0.39, 0.29) is 25.0 Å². The van der Waals surface area contributed by atoms with Crippen LogP contribution in [0.4, 0.5) is 5.82 Å². The molecule has 1 unspecified atom stereocenters. The minimum atomic E-state index is -0.221. The molecule has 0 aliphatic carbocycles. The Kier molecular flexibility index (Phi) is 3.18. The molecule has 3 aromatic rings. The Morgan fingerprint density at radius 2 is 2.23 bits per heavy atom. The zero-order valence-corrected chi connectivity index (χ0v) is 13.9. The van der Waals surface area contributed by atoms with Crippen LogP contribution in [0.5, 0.6) is 17.2 Å². The van der Waals surface area contributed by atoms with Crippen molar-refractivity contribution in [1.82, 2.24) is 10.2 Å². The smallest absolute Gasteiger partial charge is 0.231 e. The van der Waals surface area contributed by atoms with E-state index in [4.69, 9.17) is 18.6 Å². The highest BCUT2D eigenvalue weighted by molar-refractivity contribution is 5.95. The number of H-pyrrole nitrogens is 1. The van der Waals surface area contributed by atoms with E-state index in [0.717, 1.165) is 16.8 Å². The molecule has 1 aromatic carbocycles. The quantitative estimate of drug-likeness (QED) is 0.751. The molecule has 132 valence electrons. The van der Waals surface area contributed by atoms with E-state index in [1.165, 1.54) is 0 Å². The molecular weight excluding hydrogens is 338 g/mol. The number of aromatic nitrogens is 2. The van der Waals surface area contributed by atoms with Crippen molar-refractivity contribution in [3.8, 4) is 28.7 Å². The first-order valence-electron chi connectivity index (χ1n) is 8.14. The summed E-state index contributed by atoms with van der Waals surface area (Å²) in [5.41, 5.74) is 2.50. The number of methoxy groups -OCH3 is 1. The second-order valence-electron chi connectivity index (χ2n) is 6.10. The molecule has 8 nitrogen and oxygen atoms in total. The molecule has 2 aliphatic rings. The first-order valence-corrected chi connectivity index (χ1v) is 8.14. The normalized spacial score (nSPS) is 17.7. The third kappa shape index (κ3) is 2.15. The maximum Gasteiger partial charge on any atom is 0.231 e. The summed E-state index contributed by atoms with van der Waals surface area (Å²) in [6.07, 6.45) is 1.88. The summed E-state index contributed by atoms with van der Waals surface area (Å²) in [7, 11) is 1.58. The van der Waals surface area contributed by atoms with Gasteiger partial charge in [-0.05, 0) is 29.8 Å². The van der Waals surface area contributed by atoms with Crippen molar-refractivity contribution in [1.29, 1.82) is 0 Å². The Labute approximate surface area is 148 Å². The lowest BCUT2D eigenvalue weighted by atomic mass is 9.85. The number of hydrogen-bond acceptors (Lipinski definition) is 6. The van der Waals surface area contributed by atoms with E-state index in [9.17, 15) is 4.79 Å². The second kappa shape index (κ2) is 5.55. The fourth-order valence-corrected chi connectivity index (χ4v) is 3.50. The van der Waals surface area contributed by atoms with E-state index < -0.39 is 0 Å². The lowest BCUT2D eigenvalue weighted by Gasteiger charge is -2.23. The number of anilines is 1. The van der Waals surface area contributed by atoms with Crippen molar-refractivity contribution in [3.63, 3.8) is 0 Å². The van der Waals surface area contributed by atoms with Gasteiger partial charge in [-0.25, -0.2) is 0 Å². The van der Waals surface area contributed by atoms with E-state index in [2.05, 4.69) is 15.5 Å². The minimum Gasteiger partial charge on any atom is -0.493 e. The number of rotatable bonds is 3. The summed E-state index contributed by atoms with van der Waals surface area (Å²) in [4.78, 5) is 12.2. The zero-order valence-electron chi connectivity index (χ0n) is 13.9. The predicted molar refractivity (Wildman–Crippen MR) is 90.5 cm³/mol. The van der Waals surface area contributed by atoms with Crippen molar-refractivity contribution in [3.05, 3.63) is 41.7 Å². The maximum absolute atomic E-state index is 12.2. The number of furan rings is 1. The number of ether oxygens (including phenoxy) is 3. The molecule has 0 spiro atoms. The standard InChI is InChI=1S/C18H15N3O5/c1-23-12-5-9(6-13-17(12)26-8-25-13)10-7-14(22)19-18-15(10)16(20-21-18)11-3-2-4-24-11/h2-6,10H,7-8H2,1H3,(H2,19,20,21,22). The van der Waals surface area contributed by atoms with E-state index >= 15 is 0 Å². The van der Waals surface area contributed by atoms with Gasteiger partial charge in [-0.1, -0.05) is 0 Å². The maximum atomic E-state index is 12.2. The molecule has 2 aliphatic heterocycles. The molecule has 26 heavy (non-hydrogen) atoms. The Bertz CT molecular complexity index is 993. The van der Waals surface area contributed by atoms with Crippen LogP contribution < -0.4 is 19.5 Å². The van der Waals surface area contributed by atoms with Crippen LogP contribution in [0, 0.1) is 0 Å². The van der Waals surface area contributed by atoms with Crippen molar-refractivity contribution in [2.24, 2.45) is 0 Å². The fourth-order valence-electron chi connectivity index (χ4n) is 3.50. The topological polar surface area (TPSA) is 98.6 Å². The van der Waals surface area contributed by atoms with Crippen molar-refractivity contribution in [2.45, 2.75) is 12.3 Å². The number of carbonyl (C=O) groups excluding carboxylic acids is 1. The summed E-state index contributed by atoms with van der Waals surface area (Å²) in [6, 6.07) is 7.42. The van der Waals surface area contributed by atoms with E-state index in [1.54, 1.807) is 13.4 Å². The molecule has 0 fully saturated rings. The highest BCUT2D eigenvalue weighted by Crippen LogP contribution is 2.48. The summed E-state index contributed by atoms with van der Waals surface area (Å²) in [5, 5.41) is 10.0. The van der Waals surface area contributed by atoms with Crippen LogP contribution in [0.1, 0.15) is 23.5 Å². The Hall–Kier alpha value is -3.42. The van der Waals surface area contributed by atoms with Crippen molar-refractivity contribution < 1.29 is 23.4 Å². The first kappa shape index (κ1) is 14.9. The van der Waals surface area contributed by atoms with Crippen LogP contribution in [0.15, 0.2) is 34.9 Å². The molecule has 0 bridgehead atoms. The molecule has 0 saturated carbocycles. The molecule has 2 aromatic heterocycles. The van der Waals surface area contributed by atoms with E-state index in [0.29, 0.717) is 28.8 Å². The molecule has 1 atom stereocenters. The summed E-state index contributed by atoms with van der Waals surface area (Å²) in [6.45, 7) is 0.148. The van der Waals surface area contributed by atoms with Crippen molar-refractivity contribution in [2.75, 3.05) is 19.2 Å². The Balaban J connectivity index is 1.68.